The van der Waals surface area contributed by atoms with Gasteiger partial charge in [-0.2, -0.15) is 5.10 Å². The van der Waals surface area contributed by atoms with Gasteiger partial charge in [0.05, 0.1) is 23.4 Å². The minimum absolute atomic E-state index is 0.0114. The van der Waals surface area contributed by atoms with E-state index >= 15 is 0 Å². The van der Waals surface area contributed by atoms with Gasteiger partial charge in [-0.05, 0) is 49.4 Å². The first-order chi connectivity index (χ1) is 13.1. The molecule has 0 radical (unpaired) electrons. The molecule has 0 bridgehead atoms. The van der Waals surface area contributed by atoms with E-state index in [1.165, 1.54) is 0 Å². The van der Waals surface area contributed by atoms with Crippen LogP contribution in [-0.4, -0.2) is 31.9 Å². The first-order valence-corrected chi connectivity index (χ1v) is 9.40. The molecule has 0 spiro atoms. The van der Waals surface area contributed by atoms with Crippen molar-refractivity contribution in [2.24, 2.45) is 5.92 Å². The lowest BCUT2D eigenvalue weighted by atomic mass is 9.75. The van der Waals surface area contributed by atoms with E-state index in [0.717, 1.165) is 22.2 Å². The Morgan fingerprint density at radius 1 is 1.33 bits per heavy atom. The zero-order valence-corrected chi connectivity index (χ0v) is 15.4. The van der Waals surface area contributed by atoms with Gasteiger partial charge in [0.25, 0.3) is 0 Å². The van der Waals surface area contributed by atoms with Crippen molar-refractivity contribution in [2.45, 2.75) is 44.9 Å². The molecule has 2 aromatic heterocycles. The van der Waals surface area contributed by atoms with Crippen LogP contribution >= 0.6 is 0 Å². The molecule has 0 unspecified atom stereocenters. The molecule has 1 aliphatic carbocycles. The highest BCUT2D eigenvalue weighted by atomic mass is 16.3. The van der Waals surface area contributed by atoms with Crippen molar-refractivity contribution >= 4 is 16.8 Å². The molecule has 1 atom stereocenters. The number of amides is 1. The molecule has 6 heteroatoms. The molecular formula is C21H24N4O2. The largest absolute Gasteiger partial charge is 0.393 e. The molecule has 6 nitrogen and oxygen atoms in total. The number of hydrogen-bond acceptors (Lipinski definition) is 4. The minimum Gasteiger partial charge on any atom is -0.393 e. The molecule has 0 saturated heterocycles. The van der Waals surface area contributed by atoms with Crippen molar-refractivity contribution in [3.05, 3.63) is 60.0 Å². The molecule has 1 aromatic carbocycles. The maximum Gasteiger partial charge on any atom is 0.222 e. The monoisotopic (exact) mass is 364 g/mol. The van der Waals surface area contributed by atoms with Crippen molar-refractivity contribution in [1.82, 2.24) is 20.1 Å². The first-order valence-electron chi connectivity index (χ1n) is 9.40. The Morgan fingerprint density at radius 2 is 2.15 bits per heavy atom. The number of fused-ring (bicyclic) bond motifs is 1. The summed E-state index contributed by atoms with van der Waals surface area (Å²) in [5.74, 6) is 0.224. The number of pyridine rings is 1. The predicted molar refractivity (Wildman–Crippen MR) is 103 cm³/mol. The fraction of sp³-hybridized carbons (Fsp3) is 0.381. The summed E-state index contributed by atoms with van der Waals surface area (Å²) in [5, 5.41) is 18.3. The van der Waals surface area contributed by atoms with Crippen LogP contribution in [0.2, 0.25) is 0 Å². The number of aromatic nitrogens is 3. The average molecular weight is 364 g/mol. The lowest BCUT2D eigenvalue weighted by Gasteiger charge is -2.38. The lowest BCUT2D eigenvalue weighted by molar-refractivity contribution is -0.123. The number of para-hydroxylation sites is 1. The second-order valence-electron chi connectivity index (χ2n) is 7.36. The number of carbonyl (C=O) groups is 1. The van der Waals surface area contributed by atoms with Crippen LogP contribution < -0.4 is 5.32 Å². The van der Waals surface area contributed by atoms with Crippen LogP contribution in [0.5, 0.6) is 0 Å². The van der Waals surface area contributed by atoms with Gasteiger partial charge in [-0.1, -0.05) is 18.2 Å². The number of carbonyl (C=O) groups excluding carboxylic acids is 1. The molecule has 3 aromatic rings. The van der Waals surface area contributed by atoms with Crippen LogP contribution in [0.3, 0.4) is 0 Å². The van der Waals surface area contributed by atoms with Crippen LogP contribution in [0.15, 0.2) is 48.8 Å². The van der Waals surface area contributed by atoms with Crippen LogP contribution in [0.4, 0.5) is 0 Å². The summed E-state index contributed by atoms with van der Waals surface area (Å²) in [7, 11) is 0. The normalized spacial score (nSPS) is 20.2. The predicted octanol–water partition coefficient (Wildman–Crippen LogP) is 2.76. The number of nitrogens with zero attached hydrogens (tertiary/aromatic N) is 3. The number of nitrogens with one attached hydrogen (secondary N) is 1. The SMILES string of the molecule is Cc1ccn(CCC(=O)N[C@H](c2cnc3ccccc3c2)C2CC(O)C2)n1. The molecule has 0 aliphatic heterocycles. The Morgan fingerprint density at radius 3 is 2.89 bits per heavy atom. The van der Waals surface area contributed by atoms with Crippen molar-refractivity contribution in [2.75, 3.05) is 0 Å². The second kappa shape index (κ2) is 7.48. The average Bonchev–Trinajstić information content (AvgIpc) is 3.07. The summed E-state index contributed by atoms with van der Waals surface area (Å²) >= 11 is 0. The van der Waals surface area contributed by atoms with Gasteiger partial charge in [-0.15, -0.1) is 0 Å². The Labute approximate surface area is 158 Å². The highest BCUT2D eigenvalue weighted by molar-refractivity contribution is 5.80. The number of aliphatic hydroxyl groups excluding tert-OH is 1. The summed E-state index contributed by atoms with van der Waals surface area (Å²) in [6, 6.07) is 11.9. The molecule has 4 rings (SSSR count). The number of aryl methyl sites for hydroxylation is 2. The molecule has 1 fully saturated rings. The number of benzene rings is 1. The molecule has 1 amide bonds. The maximum atomic E-state index is 12.6. The summed E-state index contributed by atoms with van der Waals surface area (Å²) in [6.07, 6.45) is 5.24. The fourth-order valence-corrected chi connectivity index (χ4v) is 3.68. The second-order valence-corrected chi connectivity index (χ2v) is 7.36. The standard InChI is InChI=1S/C21H24N4O2/c1-14-6-8-25(24-14)9-7-20(27)23-21(16-11-18(26)12-16)17-10-15-4-2-3-5-19(15)22-13-17/h2-6,8,10,13,16,18,21,26H,7,9,11-12H2,1H3,(H,23,27)/t16?,18?,21-/m0/s1. The van der Waals surface area contributed by atoms with E-state index in [-0.39, 0.29) is 24.0 Å². The van der Waals surface area contributed by atoms with E-state index in [1.54, 1.807) is 4.68 Å². The summed E-state index contributed by atoms with van der Waals surface area (Å²) < 4.78 is 1.79. The zero-order chi connectivity index (χ0) is 18.8. The summed E-state index contributed by atoms with van der Waals surface area (Å²) in [5.41, 5.74) is 2.88. The molecule has 27 heavy (non-hydrogen) atoms. The van der Waals surface area contributed by atoms with E-state index in [4.69, 9.17) is 0 Å². The minimum atomic E-state index is -0.269. The van der Waals surface area contributed by atoms with E-state index < -0.39 is 0 Å². The number of rotatable bonds is 6. The maximum absolute atomic E-state index is 12.6. The lowest BCUT2D eigenvalue weighted by Crippen LogP contribution is -2.41. The highest BCUT2D eigenvalue weighted by Crippen LogP contribution is 2.38. The van der Waals surface area contributed by atoms with Gasteiger partial charge in [0.1, 0.15) is 0 Å². The molecule has 2 heterocycles. The third kappa shape index (κ3) is 4.01. The Kier molecular flexibility index (Phi) is 4.90. The van der Waals surface area contributed by atoms with Crippen molar-refractivity contribution in [3.63, 3.8) is 0 Å². The van der Waals surface area contributed by atoms with Gasteiger partial charge < -0.3 is 10.4 Å². The van der Waals surface area contributed by atoms with Crippen LogP contribution in [-0.2, 0) is 11.3 Å². The number of hydrogen-bond donors (Lipinski definition) is 2. The quantitative estimate of drug-likeness (QED) is 0.705. The van der Waals surface area contributed by atoms with E-state index in [0.29, 0.717) is 25.8 Å². The van der Waals surface area contributed by atoms with E-state index in [9.17, 15) is 9.90 Å². The molecule has 1 saturated carbocycles. The third-order valence-electron chi connectivity index (χ3n) is 5.25. The van der Waals surface area contributed by atoms with E-state index in [1.807, 2.05) is 49.6 Å². The van der Waals surface area contributed by atoms with Crippen molar-refractivity contribution in [3.8, 4) is 0 Å². The molecular weight excluding hydrogens is 340 g/mol. The van der Waals surface area contributed by atoms with Crippen LogP contribution in [0.25, 0.3) is 10.9 Å². The zero-order valence-electron chi connectivity index (χ0n) is 15.4. The van der Waals surface area contributed by atoms with Crippen LogP contribution in [0, 0.1) is 12.8 Å². The van der Waals surface area contributed by atoms with Gasteiger partial charge in [0, 0.05) is 30.7 Å². The third-order valence-corrected chi connectivity index (χ3v) is 5.25. The highest BCUT2D eigenvalue weighted by Gasteiger charge is 2.35. The van der Waals surface area contributed by atoms with Gasteiger partial charge in [0.15, 0.2) is 0 Å². The molecule has 2 N–H and O–H groups in total. The Hall–Kier alpha value is -2.73. The topological polar surface area (TPSA) is 80.0 Å². The van der Waals surface area contributed by atoms with E-state index in [2.05, 4.69) is 21.5 Å². The fourth-order valence-electron chi connectivity index (χ4n) is 3.68. The first kappa shape index (κ1) is 17.7. The Balaban J connectivity index is 1.49. The van der Waals surface area contributed by atoms with Gasteiger partial charge in [-0.3, -0.25) is 14.5 Å². The van der Waals surface area contributed by atoms with Gasteiger partial charge >= 0.3 is 0 Å². The van der Waals surface area contributed by atoms with Gasteiger partial charge in [0.2, 0.25) is 5.91 Å². The van der Waals surface area contributed by atoms with Crippen molar-refractivity contribution in [1.29, 1.82) is 0 Å². The molecule has 1 aliphatic rings. The summed E-state index contributed by atoms with van der Waals surface area (Å²) in [4.78, 5) is 17.1. The van der Waals surface area contributed by atoms with Crippen LogP contribution in [0.1, 0.15) is 36.6 Å². The number of aliphatic hydroxyl groups is 1. The summed E-state index contributed by atoms with van der Waals surface area (Å²) in [6.45, 7) is 2.48. The molecule has 140 valence electrons. The smallest absolute Gasteiger partial charge is 0.222 e. The van der Waals surface area contributed by atoms with Gasteiger partial charge in [-0.25, -0.2) is 0 Å². The Bertz CT molecular complexity index is 946. The van der Waals surface area contributed by atoms with Crippen molar-refractivity contribution < 1.29 is 9.90 Å².